The van der Waals surface area contributed by atoms with Crippen LogP contribution in [0.3, 0.4) is 0 Å². The van der Waals surface area contributed by atoms with Crippen LogP contribution in [0.1, 0.15) is 10.4 Å². The lowest BCUT2D eigenvalue weighted by molar-refractivity contribution is 0.0916. The van der Waals surface area contributed by atoms with E-state index in [1.165, 1.54) is 7.11 Å². The summed E-state index contributed by atoms with van der Waals surface area (Å²) in [4.78, 5) is 16.3. The van der Waals surface area contributed by atoms with E-state index in [-0.39, 0.29) is 0 Å². The second kappa shape index (κ2) is 5.98. The molecule has 118 valence electrons. The normalized spacial score (nSPS) is 16.3. The molecule has 0 spiro atoms. The van der Waals surface area contributed by atoms with E-state index in [4.69, 9.17) is 4.74 Å². The minimum atomic E-state index is -1.16. The van der Waals surface area contributed by atoms with E-state index >= 15 is 0 Å². The van der Waals surface area contributed by atoms with E-state index in [1.807, 2.05) is 0 Å². The molecule has 7 nitrogen and oxygen atoms in total. The van der Waals surface area contributed by atoms with E-state index < -0.39 is 18.0 Å². The van der Waals surface area contributed by atoms with Gasteiger partial charge < -0.3 is 15.2 Å². The van der Waals surface area contributed by atoms with Crippen LogP contribution in [0, 0.1) is 0 Å². The molecular formula is C16H15N3O4. The number of aliphatic hydroxyl groups excluding tert-OH is 1. The number of nitrogens with zero attached hydrogens (tertiary/aromatic N) is 2. The van der Waals surface area contributed by atoms with Crippen molar-refractivity contribution in [2.24, 2.45) is 4.99 Å². The largest absolute Gasteiger partial charge is 0.497 e. The van der Waals surface area contributed by atoms with Crippen molar-refractivity contribution in [1.82, 2.24) is 5.32 Å². The summed E-state index contributed by atoms with van der Waals surface area (Å²) in [5, 5.41) is 23.5. The molecule has 3 rings (SSSR count). The monoisotopic (exact) mass is 313 g/mol. The minimum Gasteiger partial charge on any atom is -0.497 e. The fourth-order valence-electron chi connectivity index (χ4n) is 2.28. The molecule has 3 N–H and O–H groups in total. The smallest absolute Gasteiger partial charge is 0.253 e. The second-order valence-corrected chi connectivity index (χ2v) is 4.91. The number of amides is 1. The second-order valence-electron chi connectivity index (χ2n) is 4.91. The van der Waals surface area contributed by atoms with E-state index in [0.717, 1.165) is 5.06 Å². The van der Waals surface area contributed by atoms with Crippen molar-refractivity contribution in [2.75, 3.05) is 12.2 Å². The van der Waals surface area contributed by atoms with Crippen molar-refractivity contribution >= 4 is 23.2 Å². The molecule has 1 aliphatic rings. The summed E-state index contributed by atoms with van der Waals surface area (Å²) in [6, 6.07) is 13.3. The molecule has 0 aliphatic carbocycles. The Morgan fingerprint density at radius 1 is 1.26 bits per heavy atom. The van der Waals surface area contributed by atoms with Crippen molar-refractivity contribution in [2.45, 2.75) is 6.17 Å². The number of ether oxygens (including phenoxy) is 1. The summed E-state index contributed by atoms with van der Waals surface area (Å²) in [6.45, 7) is 0. The third kappa shape index (κ3) is 2.82. The number of hydroxylamine groups is 1. The molecule has 0 radical (unpaired) electrons. The number of nitrogens with one attached hydrogen (secondary N) is 1. The number of para-hydroxylation sites is 2. The molecule has 0 fully saturated rings. The molecule has 1 unspecified atom stereocenters. The molecule has 7 heteroatoms. The minimum absolute atomic E-state index is 0.337. The van der Waals surface area contributed by atoms with Gasteiger partial charge in [0.2, 0.25) is 12.1 Å². The molecule has 0 bridgehead atoms. The maximum absolute atomic E-state index is 12.3. The van der Waals surface area contributed by atoms with Gasteiger partial charge in [-0.25, -0.2) is 10.1 Å². The SMILES string of the molecule is COc1cccc(C(=O)NC2C(O)=Nc3ccccc3N2O)c1. The Morgan fingerprint density at radius 2 is 2.04 bits per heavy atom. The average Bonchev–Trinajstić information content (AvgIpc) is 2.58. The molecule has 1 aliphatic heterocycles. The zero-order chi connectivity index (χ0) is 16.4. The van der Waals surface area contributed by atoms with Gasteiger partial charge in [-0.05, 0) is 30.3 Å². The van der Waals surface area contributed by atoms with Crippen LogP contribution in [0.2, 0.25) is 0 Å². The van der Waals surface area contributed by atoms with Gasteiger partial charge >= 0.3 is 0 Å². The van der Waals surface area contributed by atoms with Gasteiger partial charge in [-0.15, -0.1) is 0 Å². The van der Waals surface area contributed by atoms with Gasteiger partial charge in [0.1, 0.15) is 5.75 Å². The van der Waals surface area contributed by atoms with Gasteiger partial charge in [-0.3, -0.25) is 10.0 Å². The van der Waals surface area contributed by atoms with Gasteiger partial charge in [0.25, 0.3) is 5.91 Å². The fraction of sp³-hybridized carbons (Fsp3) is 0.125. The standard InChI is InChI=1S/C16H15N3O4/c1-23-11-6-4-5-10(9-11)15(20)18-14-16(21)17-12-7-2-3-8-13(12)19(14)22/h2-9,14,22H,1H3,(H,17,21)(H,18,20). The Bertz CT molecular complexity index is 775. The van der Waals surface area contributed by atoms with Gasteiger partial charge in [0.15, 0.2) is 0 Å². The van der Waals surface area contributed by atoms with Crippen molar-refractivity contribution in [3.05, 3.63) is 54.1 Å². The highest BCUT2D eigenvalue weighted by molar-refractivity contribution is 6.00. The number of methoxy groups -OCH3 is 1. The van der Waals surface area contributed by atoms with Gasteiger partial charge in [-0.2, -0.15) is 0 Å². The summed E-state index contributed by atoms with van der Waals surface area (Å²) >= 11 is 0. The molecule has 0 saturated carbocycles. The first-order valence-corrected chi connectivity index (χ1v) is 6.90. The first-order valence-electron chi connectivity index (χ1n) is 6.90. The average molecular weight is 313 g/mol. The zero-order valence-corrected chi connectivity index (χ0v) is 12.3. The van der Waals surface area contributed by atoms with Crippen molar-refractivity contribution < 1.29 is 19.8 Å². The molecule has 2 aromatic rings. The van der Waals surface area contributed by atoms with Gasteiger partial charge in [0, 0.05) is 5.56 Å². The number of anilines is 1. The maximum atomic E-state index is 12.3. The van der Waals surface area contributed by atoms with E-state index in [0.29, 0.717) is 22.7 Å². The number of carbonyl (C=O) groups excluding carboxylic acids is 1. The molecule has 2 aromatic carbocycles. The molecular weight excluding hydrogens is 298 g/mol. The number of hydrogen-bond acceptors (Lipinski definition) is 5. The van der Waals surface area contributed by atoms with Crippen LogP contribution in [0.25, 0.3) is 0 Å². The first kappa shape index (κ1) is 14.9. The topological polar surface area (TPSA) is 94.4 Å². The highest BCUT2D eigenvalue weighted by atomic mass is 16.5. The van der Waals surface area contributed by atoms with Crippen LogP contribution in [-0.4, -0.2) is 35.4 Å². The lowest BCUT2D eigenvalue weighted by atomic mass is 10.2. The lowest BCUT2D eigenvalue weighted by Crippen LogP contribution is -2.53. The van der Waals surface area contributed by atoms with E-state index in [1.54, 1.807) is 48.5 Å². The number of fused-ring (bicyclic) bond motifs is 1. The summed E-state index contributed by atoms with van der Waals surface area (Å²) in [5.41, 5.74) is 1.14. The van der Waals surface area contributed by atoms with Crippen molar-refractivity contribution in [3.63, 3.8) is 0 Å². The lowest BCUT2D eigenvalue weighted by Gasteiger charge is -2.31. The van der Waals surface area contributed by atoms with Gasteiger partial charge in [0.05, 0.1) is 18.5 Å². The Kier molecular flexibility index (Phi) is 3.86. The number of carbonyl (C=O) groups is 1. The van der Waals surface area contributed by atoms with Crippen LogP contribution in [0.4, 0.5) is 11.4 Å². The third-order valence-corrected chi connectivity index (χ3v) is 3.45. The van der Waals surface area contributed by atoms with Crippen LogP contribution >= 0.6 is 0 Å². The summed E-state index contributed by atoms with van der Waals surface area (Å²) < 4.78 is 5.07. The fourth-order valence-corrected chi connectivity index (χ4v) is 2.28. The highest BCUT2D eigenvalue weighted by Crippen LogP contribution is 2.32. The molecule has 0 saturated heterocycles. The Hall–Kier alpha value is -3.06. The molecule has 1 amide bonds. The predicted octanol–water partition coefficient (Wildman–Crippen LogP) is 2.25. The van der Waals surface area contributed by atoms with Crippen molar-refractivity contribution in [1.29, 1.82) is 0 Å². The predicted molar refractivity (Wildman–Crippen MR) is 84.7 cm³/mol. The molecule has 1 heterocycles. The number of benzene rings is 2. The number of aliphatic imine (C=N–C) groups is 1. The summed E-state index contributed by atoms with van der Waals surface area (Å²) in [6.07, 6.45) is -1.16. The maximum Gasteiger partial charge on any atom is 0.253 e. The van der Waals surface area contributed by atoms with E-state index in [2.05, 4.69) is 10.3 Å². The molecule has 1 atom stereocenters. The van der Waals surface area contributed by atoms with Crippen LogP contribution in [-0.2, 0) is 0 Å². The number of aliphatic hydroxyl groups is 1. The first-order chi connectivity index (χ1) is 11.1. The number of hydrogen-bond donors (Lipinski definition) is 3. The van der Waals surface area contributed by atoms with Crippen LogP contribution in [0.15, 0.2) is 53.5 Å². The highest BCUT2D eigenvalue weighted by Gasteiger charge is 2.31. The summed E-state index contributed by atoms with van der Waals surface area (Å²) in [7, 11) is 1.50. The Labute approximate surface area is 132 Å². The molecule has 23 heavy (non-hydrogen) atoms. The third-order valence-electron chi connectivity index (χ3n) is 3.45. The summed E-state index contributed by atoms with van der Waals surface area (Å²) in [5.74, 6) is -0.345. The van der Waals surface area contributed by atoms with Crippen LogP contribution < -0.4 is 15.1 Å². The van der Waals surface area contributed by atoms with Gasteiger partial charge in [-0.1, -0.05) is 18.2 Å². The van der Waals surface area contributed by atoms with Crippen molar-refractivity contribution in [3.8, 4) is 5.75 Å². The Balaban J connectivity index is 1.84. The molecule has 0 aromatic heterocycles. The van der Waals surface area contributed by atoms with E-state index in [9.17, 15) is 15.1 Å². The zero-order valence-electron chi connectivity index (χ0n) is 12.3. The quantitative estimate of drug-likeness (QED) is 0.808. The Morgan fingerprint density at radius 3 is 2.83 bits per heavy atom. The van der Waals surface area contributed by atoms with Crippen LogP contribution in [0.5, 0.6) is 5.75 Å². The number of rotatable bonds is 3.